The summed E-state index contributed by atoms with van der Waals surface area (Å²) in [6.45, 7) is 6.39. The second-order valence-corrected chi connectivity index (χ2v) is 9.87. The molecule has 0 bridgehead atoms. The van der Waals surface area contributed by atoms with Gasteiger partial charge < -0.3 is 9.80 Å². The molecule has 0 saturated carbocycles. The van der Waals surface area contributed by atoms with Crippen LogP contribution >= 0.6 is 11.3 Å². The Balaban J connectivity index is 1.27. The molecule has 162 valence electrons. The van der Waals surface area contributed by atoms with Crippen molar-refractivity contribution in [1.82, 2.24) is 9.80 Å². The fourth-order valence-electron chi connectivity index (χ4n) is 5.04. The second kappa shape index (κ2) is 9.41. The fraction of sp³-hybridized carbons (Fsp3) is 0.423. The summed E-state index contributed by atoms with van der Waals surface area (Å²) >= 11 is 1.87. The maximum atomic E-state index is 11.6. The van der Waals surface area contributed by atoms with E-state index in [2.05, 4.69) is 64.4 Å². The topological polar surface area (TPSA) is 26.8 Å². The monoisotopic (exact) mass is 433 g/mol. The Morgan fingerprint density at radius 3 is 2.58 bits per heavy atom. The third-order valence-electron chi connectivity index (χ3n) is 6.84. The minimum Gasteiger partial charge on any atom is -0.368 e. The SMILES string of the molecule is O=CN1CCCCC1c1cc2c(N3CCN(CCc4ccccc4)CC3)cccc2s1. The minimum atomic E-state index is 0.256. The smallest absolute Gasteiger partial charge is 0.210 e. The van der Waals surface area contributed by atoms with Crippen molar-refractivity contribution in [3.63, 3.8) is 0 Å². The third kappa shape index (κ3) is 4.48. The van der Waals surface area contributed by atoms with E-state index in [-0.39, 0.29) is 6.04 Å². The molecule has 0 spiro atoms. The first-order valence-electron chi connectivity index (χ1n) is 11.6. The van der Waals surface area contributed by atoms with Crippen molar-refractivity contribution in [1.29, 1.82) is 0 Å². The van der Waals surface area contributed by atoms with Gasteiger partial charge >= 0.3 is 0 Å². The number of hydrogen-bond donors (Lipinski definition) is 0. The summed E-state index contributed by atoms with van der Waals surface area (Å²) in [7, 11) is 0. The molecule has 1 amide bonds. The Hall–Kier alpha value is -2.37. The van der Waals surface area contributed by atoms with Gasteiger partial charge in [-0.2, -0.15) is 0 Å². The fourth-order valence-corrected chi connectivity index (χ4v) is 6.28. The molecule has 31 heavy (non-hydrogen) atoms. The largest absolute Gasteiger partial charge is 0.368 e. The molecule has 2 aliphatic rings. The van der Waals surface area contributed by atoms with Gasteiger partial charge in [0.1, 0.15) is 0 Å². The summed E-state index contributed by atoms with van der Waals surface area (Å²) < 4.78 is 1.34. The average Bonchev–Trinajstić information content (AvgIpc) is 3.28. The number of piperazine rings is 1. The van der Waals surface area contributed by atoms with E-state index in [1.54, 1.807) is 0 Å². The zero-order valence-electron chi connectivity index (χ0n) is 18.1. The number of piperidine rings is 1. The lowest BCUT2D eigenvalue weighted by molar-refractivity contribution is -0.121. The predicted molar refractivity (Wildman–Crippen MR) is 130 cm³/mol. The van der Waals surface area contributed by atoms with Gasteiger partial charge in [-0.3, -0.25) is 9.69 Å². The molecule has 3 aromatic rings. The Kier molecular flexibility index (Phi) is 6.23. The summed E-state index contributed by atoms with van der Waals surface area (Å²) in [5, 5.41) is 1.36. The van der Waals surface area contributed by atoms with E-state index in [9.17, 15) is 4.79 Å². The van der Waals surface area contributed by atoms with Crippen molar-refractivity contribution < 1.29 is 4.79 Å². The number of rotatable bonds is 6. The van der Waals surface area contributed by atoms with Crippen molar-refractivity contribution in [3.05, 3.63) is 65.0 Å². The van der Waals surface area contributed by atoms with E-state index < -0.39 is 0 Å². The molecule has 0 aliphatic carbocycles. The van der Waals surface area contributed by atoms with Crippen LogP contribution in [0.15, 0.2) is 54.6 Å². The maximum Gasteiger partial charge on any atom is 0.210 e. The normalized spacial score (nSPS) is 20.3. The highest BCUT2D eigenvalue weighted by Crippen LogP contribution is 2.40. The van der Waals surface area contributed by atoms with Crippen LogP contribution in [0.2, 0.25) is 0 Å². The zero-order valence-corrected chi connectivity index (χ0v) is 18.9. The number of carbonyl (C=O) groups is 1. The van der Waals surface area contributed by atoms with E-state index in [0.29, 0.717) is 0 Å². The average molecular weight is 434 g/mol. The van der Waals surface area contributed by atoms with Crippen molar-refractivity contribution in [3.8, 4) is 0 Å². The molecule has 1 unspecified atom stereocenters. The quantitative estimate of drug-likeness (QED) is 0.515. The van der Waals surface area contributed by atoms with Crippen LogP contribution in [-0.4, -0.2) is 55.5 Å². The van der Waals surface area contributed by atoms with Crippen LogP contribution in [0.3, 0.4) is 0 Å². The Morgan fingerprint density at radius 1 is 0.935 bits per heavy atom. The Labute approximate surface area is 189 Å². The van der Waals surface area contributed by atoms with Gasteiger partial charge in [-0.15, -0.1) is 11.3 Å². The summed E-state index contributed by atoms with van der Waals surface area (Å²) in [6, 6.07) is 20.1. The highest BCUT2D eigenvalue weighted by molar-refractivity contribution is 7.19. The number of nitrogens with zero attached hydrogens (tertiary/aromatic N) is 3. The molecule has 1 aromatic heterocycles. The molecule has 2 aromatic carbocycles. The van der Waals surface area contributed by atoms with Gasteiger partial charge in [-0.1, -0.05) is 36.4 Å². The summed E-state index contributed by atoms with van der Waals surface area (Å²) in [5.74, 6) is 0. The highest BCUT2D eigenvalue weighted by atomic mass is 32.1. The molecule has 2 aliphatic heterocycles. The number of hydrogen-bond acceptors (Lipinski definition) is 4. The molecule has 2 saturated heterocycles. The summed E-state index contributed by atoms with van der Waals surface area (Å²) in [4.78, 5) is 20.0. The number of likely N-dealkylation sites (tertiary alicyclic amines) is 1. The summed E-state index contributed by atoms with van der Waals surface area (Å²) in [5.41, 5.74) is 2.78. The van der Waals surface area contributed by atoms with Gasteiger partial charge in [0.15, 0.2) is 0 Å². The predicted octanol–water partition coefficient (Wildman–Crippen LogP) is 4.95. The van der Waals surface area contributed by atoms with Crippen molar-refractivity contribution in [2.75, 3.05) is 44.2 Å². The molecule has 0 N–H and O–H groups in total. The highest BCUT2D eigenvalue weighted by Gasteiger charge is 2.25. The lowest BCUT2D eigenvalue weighted by Gasteiger charge is -2.36. The van der Waals surface area contributed by atoms with Gasteiger partial charge in [0.05, 0.1) is 6.04 Å². The lowest BCUT2D eigenvalue weighted by atomic mass is 10.0. The zero-order chi connectivity index (χ0) is 21.0. The number of benzene rings is 2. The molecule has 4 nitrogen and oxygen atoms in total. The van der Waals surface area contributed by atoms with Crippen LogP contribution in [0.4, 0.5) is 5.69 Å². The van der Waals surface area contributed by atoms with Gasteiger partial charge in [-0.05, 0) is 49.4 Å². The van der Waals surface area contributed by atoms with Gasteiger partial charge in [0, 0.05) is 59.9 Å². The molecular weight excluding hydrogens is 402 g/mol. The molecule has 1 atom stereocenters. The molecule has 5 heteroatoms. The molecule has 5 rings (SSSR count). The maximum absolute atomic E-state index is 11.6. The van der Waals surface area contributed by atoms with Crippen LogP contribution in [0, 0.1) is 0 Å². The van der Waals surface area contributed by atoms with Crippen LogP contribution in [0.1, 0.15) is 35.7 Å². The minimum absolute atomic E-state index is 0.256. The number of fused-ring (bicyclic) bond motifs is 1. The second-order valence-electron chi connectivity index (χ2n) is 8.76. The third-order valence-corrected chi connectivity index (χ3v) is 8.04. The first-order valence-corrected chi connectivity index (χ1v) is 12.4. The van der Waals surface area contributed by atoms with Gasteiger partial charge in [-0.25, -0.2) is 0 Å². The van der Waals surface area contributed by atoms with Crippen molar-refractivity contribution >= 4 is 33.5 Å². The Bertz CT molecular complexity index is 1010. The molecule has 0 radical (unpaired) electrons. The van der Waals surface area contributed by atoms with Gasteiger partial charge in [0.25, 0.3) is 0 Å². The van der Waals surface area contributed by atoms with Crippen LogP contribution in [0.5, 0.6) is 0 Å². The van der Waals surface area contributed by atoms with Crippen molar-refractivity contribution in [2.24, 2.45) is 0 Å². The number of carbonyl (C=O) groups excluding carboxylic acids is 1. The van der Waals surface area contributed by atoms with Crippen LogP contribution < -0.4 is 4.90 Å². The van der Waals surface area contributed by atoms with E-state index in [4.69, 9.17) is 0 Å². The molecule has 3 heterocycles. The van der Waals surface area contributed by atoms with E-state index >= 15 is 0 Å². The Morgan fingerprint density at radius 2 is 1.77 bits per heavy atom. The first kappa shape index (κ1) is 20.5. The number of anilines is 1. The first-order chi connectivity index (χ1) is 15.3. The van der Waals surface area contributed by atoms with Crippen LogP contribution in [-0.2, 0) is 11.2 Å². The van der Waals surface area contributed by atoms with Gasteiger partial charge in [0.2, 0.25) is 6.41 Å². The lowest BCUT2D eigenvalue weighted by Crippen LogP contribution is -2.47. The standard InChI is InChI=1S/C26H31N3OS/c30-20-29-13-5-4-9-24(29)26-19-22-23(10-6-11-25(22)31-26)28-17-15-27(16-18-28)14-12-21-7-2-1-3-8-21/h1-3,6-8,10-11,19-20,24H,4-5,9,12-18H2. The van der Waals surface area contributed by atoms with Crippen molar-refractivity contribution in [2.45, 2.75) is 31.7 Å². The summed E-state index contributed by atoms with van der Waals surface area (Å²) in [6.07, 6.45) is 5.59. The van der Waals surface area contributed by atoms with E-state index in [0.717, 1.165) is 64.9 Å². The van der Waals surface area contributed by atoms with Crippen LogP contribution in [0.25, 0.3) is 10.1 Å². The number of amides is 1. The van der Waals surface area contributed by atoms with E-state index in [1.807, 2.05) is 16.2 Å². The number of thiophene rings is 1. The van der Waals surface area contributed by atoms with E-state index in [1.165, 1.54) is 32.6 Å². The molecule has 2 fully saturated rings. The molecular formula is C26H31N3OS.